The van der Waals surface area contributed by atoms with Gasteiger partial charge in [-0.05, 0) is 125 Å². The standard InChI is InChI=1S/C44H52NO2P/c1-40(2)37-20-21-38-42(4)24-22-31(41(42,3)26-27-44(38)30-43(37,44)25-23-39(40)47)28-35(46)36(29-45)48(32-14-8-5-9-15-32,33-16-10-6-11-17-33)34-18-12-7-13-19-34/h5-19,31,37-39,47H,20-28,30H2,1-4H3/t31?,37?,38?,39-,41+,42-,43+,44-/m0/s1. The van der Waals surface area contributed by atoms with E-state index in [1.165, 1.54) is 44.9 Å². The molecular formula is C44H52NO2P. The lowest BCUT2D eigenvalue weighted by Crippen LogP contribution is -2.57. The molecule has 3 nitrogen and oxygen atoms in total. The number of hydrogen-bond acceptors (Lipinski definition) is 3. The van der Waals surface area contributed by atoms with Crippen LogP contribution >= 0.6 is 6.89 Å². The van der Waals surface area contributed by atoms with Gasteiger partial charge in [0.2, 0.25) is 0 Å². The van der Waals surface area contributed by atoms with Crippen LogP contribution < -0.4 is 15.9 Å². The lowest BCUT2D eigenvalue weighted by molar-refractivity contribution is -0.159. The SMILES string of the molecule is CC1(C)C2CCC3[C@]4(CC[C@]5(C)C(CC(=O)C(C#N)=P(c6ccccc6)(c6ccccc6)c6ccccc6)CC[C@@]35C)C[C@]24CC[C@@H]1O. The number of nitrogens with zero attached hydrogens (tertiary/aromatic N) is 1. The summed E-state index contributed by atoms with van der Waals surface area (Å²) < 4.78 is 0. The number of benzene rings is 3. The number of nitriles is 1. The van der Waals surface area contributed by atoms with Crippen LogP contribution in [0.15, 0.2) is 91.0 Å². The van der Waals surface area contributed by atoms with Gasteiger partial charge >= 0.3 is 0 Å². The Morgan fingerprint density at radius 2 is 1.23 bits per heavy atom. The number of fused-ring (bicyclic) bond motifs is 2. The summed E-state index contributed by atoms with van der Waals surface area (Å²) in [6.45, 7) is 7.08. The van der Waals surface area contributed by atoms with Gasteiger partial charge in [0.05, 0.1) is 6.10 Å². The van der Waals surface area contributed by atoms with Crippen LogP contribution in [0.25, 0.3) is 0 Å². The summed E-state index contributed by atoms with van der Waals surface area (Å²) in [5.74, 6) is 1.63. The van der Waals surface area contributed by atoms with E-state index in [-0.39, 0.29) is 34.1 Å². The van der Waals surface area contributed by atoms with Crippen LogP contribution in [-0.4, -0.2) is 22.3 Å². The van der Waals surface area contributed by atoms with Gasteiger partial charge < -0.3 is 5.11 Å². The smallest absolute Gasteiger partial charge is 0.174 e. The van der Waals surface area contributed by atoms with E-state index in [4.69, 9.17) is 0 Å². The second-order valence-electron chi connectivity index (χ2n) is 17.4. The summed E-state index contributed by atoms with van der Waals surface area (Å²) in [6.07, 6.45) is 10.9. The quantitative estimate of drug-likeness (QED) is 0.271. The van der Waals surface area contributed by atoms with Crippen molar-refractivity contribution in [2.45, 2.75) is 98.0 Å². The second kappa shape index (κ2) is 11.0. The lowest BCUT2D eigenvalue weighted by Gasteiger charge is -2.63. The maximum Gasteiger partial charge on any atom is 0.174 e. The Balaban J connectivity index is 1.19. The Kier molecular flexibility index (Phi) is 7.43. The molecule has 0 amide bonds. The number of rotatable bonds is 6. The minimum absolute atomic E-state index is 0.00555. The van der Waals surface area contributed by atoms with Crippen LogP contribution in [0, 0.1) is 56.2 Å². The summed E-state index contributed by atoms with van der Waals surface area (Å²) in [7, 11) is 0. The topological polar surface area (TPSA) is 61.1 Å². The second-order valence-corrected chi connectivity index (χ2v) is 20.7. The Hall–Kier alpha value is -2.92. The summed E-state index contributed by atoms with van der Waals surface area (Å²) in [4.78, 5) is 15.0. The van der Waals surface area contributed by atoms with E-state index in [0.29, 0.717) is 34.4 Å². The van der Waals surface area contributed by atoms with Crippen LogP contribution in [0.1, 0.15) is 91.9 Å². The molecule has 8 rings (SSSR count). The van der Waals surface area contributed by atoms with Crippen molar-refractivity contribution in [3.63, 3.8) is 0 Å². The summed E-state index contributed by atoms with van der Waals surface area (Å²) in [5.41, 5.74) is 1.09. The lowest BCUT2D eigenvalue weighted by atomic mass is 9.42. The first-order valence-electron chi connectivity index (χ1n) is 18.6. The van der Waals surface area contributed by atoms with E-state index in [9.17, 15) is 10.4 Å². The van der Waals surface area contributed by atoms with Gasteiger partial charge in [0.25, 0.3) is 0 Å². The van der Waals surface area contributed by atoms with Gasteiger partial charge in [-0.15, -0.1) is 0 Å². The number of carbonyl (C=O) groups excluding carboxylic acids is 1. The molecular weight excluding hydrogens is 605 g/mol. The van der Waals surface area contributed by atoms with Gasteiger partial charge in [-0.25, -0.2) is 0 Å². The van der Waals surface area contributed by atoms with Crippen molar-refractivity contribution in [3.8, 4) is 6.07 Å². The van der Waals surface area contributed by atoms with E-state index in [2.05, 4.69) is 70.2 Å². The predicted molar refractivity (Wildman–Crippen MR) is 198 cm³/mol. The minimum atomic E-state index is -2.73. The average molecular weight is 658 g/mol. The maximum absolute atomic E-state index is 15.0. The Labute approximate surface area is 288 Å². The van der Waals surface area contributed by atoms with Crippen molar-refractivity contribution in [3.05, 3.63) is 91.0 Å². The largest absolute Gasteiger partial charge is 0.393 e. The third-order valence-electron chi connectivity index (χ3n) is 15.8. The van der Waals surface area contributed by atoms with E-state index in [0.717, 1.165) is 28.8 Å². The van der Waals surface area contributed by atoms with Gasteiger partial charge in [-0.2, -0.15) is 5.26 Å². The zero-order chi connectivity index (χ0) is 33.6. The normalized spacial score (nSPS) is 37.6. The fourth-order valence-corrected chi connectivity index (χ4v) is 17.4. The molecule has 3 aromatic rings. The summed E-state index contributed by atoms with van der Waals surface area (Å²) >= 11 is 0. The fraction of sp³-hybridized carbons (Fsp3) is 0.523. The maximum atomic E-state index is 15.0. The van der Waals surface area contributed by atoms with Crippen molar-refractivity contribution < 1.29 is 9.90 Å². The summed E-state index contributed by atoms with van der Waals surface area (Å²) in [5, 5.41) is 25.8. The van der Waals surface area contributed by atoms with Crippen LogP contribution in [0.5, 0.6) is 0 Å². The molecule has 48 heavy (non-hydrogen) atoms. The molecule has 1 N–H and O–H groups in total. The molecule has 5 aliphatic carbocycles. The average Bonchev–Trinajstić information content (AvgIpc) is 3.71. The number of Topliss-reactive ketones (excluding diaryl/α,β-unsaturated/α-hetero) is 1. The van der Waals surface area contributed by atoms with Crippen LogP contribution in [-0.2, 0) is 4.79 Å². The van der Waals surface area contributed by atoms with Gasteiger partial charge in [-0.3, -0.25) is 4.79 Å². The van der Waals surface area contributed by atoms with Crippen molar-refractivity contribution in [1.29, 1.82) is 5.26 Å². The fourth-order valence-electron chi connectivity index (χ4n) is 13.2. The third kappa shape index (κ3) is 4.06. The van der Waals surface area contributed by atoms with Crippen molar-refractivity contribution in [2.75, 3.05) is 0 Å². The van der Waals surface area contributed by atoms with E-state index < -0.39 is 6.89 Å². The first kappa shape index (κ1) is 32.3. The van der Waals surface area contributed by atoms with E-state index >= 15 is 4.79 Å². The molecule has 5 aliphatic rings. The highest BCUT2D eigenvalue weighted by atomic mass is 31.2. The number of aliphatic hydroxyl groups excluding tert-OH is 1. The zero-order valence-corrected chi connectivity index (χ0v) is 30.2. The molecule has 8 atom stereocenters. The van der Waals surface area contributed by atoms with Crippen LogP contribution in [0.4, 0.5) is 0 Å². The van der Waals surface area contributed by atoms with Gasteiger partial charge in [0.15, 0.2) is 5.78 Å². The first-order chi connectivity index (χ1) is 23.0. The molecule has 0 saturated heterocycles. The highest BCUT2D eigenvalue weighted by Gasteiger charge is 2.82. The van der Waals surface area contributed by atoms with E-state index in [1.807, 2.05) is 54.6 Å². The van der Waals surface area contributed by atoms with Crippen molar-refractivity contribution in [1.82, 2.24) is 0 Å². The molecule has 5 saturated carbocycles. The zero-order valence-electron chi connectivity index (χ0n) is 29.3. The Morgan fingerprint density at radius 1 is 0.708 bits per heavy atom. The molecule has 3 unspecified atom stereocenters. The molecule has 0 heterocycles. The van der Waals surface area contributed by atoms with E-state index in [1.54, 1.807) is 0 Å². The third-order valence-corrected chi connectivity index (χ3v) is 20.1. The highest BCUT2D eigenvalue weighted by Crippen LogP contribution is 2.89. The molecule has 2 spiro atoms. The predicted octanol–water partition coefficient (Wildman–Crippen LogP) is 8.44. The minimum Gasteiger partial charge on any atom is -0.393 e. The molecule has 5 fully saturated rings. The van der Waals surface area contributed by atoms with Crippen molar-refractivity contribution >= 4 is 33.9 Å². The number of ketones is 1. The van der Waals surface area contributed by atoms with Gasteiger partial charge in [-0.1, -0.05) is 119 Å². The molecule has 0 aromatic heterocycles. The molecule has 4 heteroatoms. The summed E-state index contributed by atoms with van der Waals surface area (Å²) in [6, 6.07) is 33.7. The highest BCUT2D eigenvalue weighted by molar-refractivity contribution is 7.96. The molecule has 0 aliphatic heterocycles. The van der Waals surface area contributed by atoms with Gasteiger partial charge in [0, 0.05) is 6.42 Å². The Morgan fingerprint density at radius 3 is 1.77 bits per heavy atom. The van der Waals surface area contributed by atoms with Crippen molar-refractivity contribution in [2.24, 2.45) is 44.8 Å². The molecule has 0 bridgehead atoms. The number of hydrogen-bond donors (Lipinski definition) is 1. The molecule has 250 valence electrons. The monoisotopic (exact) mass is 657 g/mol. The Bertz CT molecular complexity index is 1720. The molecule has 0 radical (unpaired) electrons. The molecule has 3 aromatic carbocycles. The van der Waals surface area contributed by atoms with Crippen LogP contribution in [0.3, 0.4) is 0 Å². The van der Waals surface area contributed by atoms with Crippen LogP contribution in [0.2, 0.25) is 0 Å². The number of aliphatic hydroxyl groups is 1. The first-order valence-corrected chi connectivity index (χ1v) is 20.3. The number of carbonyl (C=O) groups is 1. The van der Waals surface area contributed by atoms with Gasteiger partial charge in [0.1, 0.15) is 11.4 Å².